The number of pyridine rings is 1. The second-order valence-corrected chi connectivity index (χ2v) is 6.84. The molecule has 0 atom stereocenters. The van der Waals surface area contributed by atoms with Crippen LogP contribution < -0.4 is 5.32 Å². The Labute approximate surface area is 129 Å². The highest BCUT2D eigenvalue weighted by Crippen LogP contribution is 2.14. The van der Waals surface area contributed by atoms with E-state index in [-0.39, 0.29) is 5.54 Å². The normalized spacial score (nSPS) is 11.8. The molecule has 0 saturated heterocycles. The number of nitrogens with zero attached hydrogens (tertiary/aromatic N) is 5. The van der Waals surface area contributed by atoms with Crippen molar-refractivity contribution in [3.63, 3.8) is 0 Å². The van der Waals surface area contributed by atoms with Crippen LogP contribution in [0.4, 0.5) is 0 Å². The Morgan fingerprint density at radius 1 is 1.29 bits per heavy atom. The molecule has 21 heavy (non-hydrogen) atoms. The van der Waals surface area contributed by atoms with Crippen molar-refractivity contribution in [2.45, 2.75) is 44.4 Å². The van der Waals surface area contributed by atoms with Crippen molar-refractivity contribution in [1.29, 1.82) is 0 Å². The molecule has 0 saturated carbocycles. The highest BCUT2D eigenvalue weighted by Gasteiger charge is 2.10. The SMILES string of the molecule is CC(C)(C)NCCn1nnnc1SCCc1ccccn1. The summed E-state index contributed by atoms with van der Waals surface area (Å²) in [5.74, 6) is 0.921. The molecule has 6 nitrogen and oxygen atoms in total. The van der Waals surface area contributed by atoms with E-state index < -0.39 is 0 Å². The van der Waals surface area contributed by atoms with Crippen LogP contribution in [0.15, 0.2) is 29.6 Å². The Bertz CT molecular complexity index is 534. The molecular weight excluding hydrogens is 284 g/mol. The Kier molecular flexibility index (Phi) is 5.69. The predicted octanol–water partition coefficient (Wildman–Crippen LogP) is 1.79. The summed E-state index contributed by atoms with van der Waals surface area (Å²) in [6.45, 7) is 8.07. The van der Waals surface area contributed by atoms with Gasteiger partial charge in [-0.15, -0.1) is 5.10 Å². The van der Waals surface area contributed by atoms with Crippen LogP contribution in [0, 0.1) is 0 Å². The van der Waals surface area contributed by atoms with Gasteiger partial charge in [0.15, 0.2) is 0 Å². The van der Waals surface area contributed by atoms with E-state index in [1.807, 2.05) is 29.1 Å². The first kappa shape index (κ1) is 15.9. The fraction of sp³-hybridized carbons (Fsp3) is 0.571. The molecule has 2 aromatic rings. The minimum Gasteiger partial charge on any atom is -0.310 e. The monoisotopic (exact) mass is 306 g/mol. The van der Waals surface area contributed by atoms with Crippen LogP contribution >= 0.6 is 11.8 Å². The number of thioether (sulfide) groups is 1. The lowest BCUT2D eigenvalue weighted by Gasteiger charge is -2.20. The smallest absolute Gasteiger partial charge is 0.209 e. The van der Waals surface area contributed by atoms with Crippen molar-refractivity contribution in [3.8, 4) is 0 Å². The summed E-state index contributed by atoms with van der Waals surface area (Å²) in [5.41, 5.74) is 1.21. The maximum absolute atomic E-state index is 4.31. The Morgan fingerprint density at radius 2 is 2.14 bits per heavy atom. The van der Waals surface area contributed by atoms with Gasteiger partial charge in [0.1, 0.15) is 0 Å². The molecule has 0 fully saturated rings. The van der Waals surface area contributed by atoms with Crippen LogP contribution in [-0.4, -0.2) is 43.0 Å². The third-order valence-electron chi connectivity index (χ3n) is 2.79. The van der Waals surface area contributed by atoms with Gasteiger partial charge in [-0.3, -0.25) is 4.98 Å². The highest BCUT2D eigenvalue weighted by atomic mass is 32.2. The molecule has 2 rings (SSSR count). The molecule has 7 heteroatoms. The molecule has 0 amide bonds. The minimum absolute atomic E-state index is 0.111. The molecule has 0 aliphatic heterocycles. The van der Waals surface area contributed by atoms with Gasteiger partial charge in [0.05, 0.1) is 6.54 Å². The van der Waals surface area contributed by atoms with E-state index in [9.17, 15) is 0 Å². The van der Waals surface area contributed by atoms with Gasteiger partial charge in [0.2, 0.25) is 5.16 Å². The summed E-state index contributed by atoms with van der Waals surface area (Å²) in [6.07, 6.45) is 2.74. The van der Waals surface area contributed by atoms with Gasteiger partial charge >= 0.3 is 0 Å². The van der Waals surface area contributed by atoms with Crippen LogP contribution in [-0.2, 0) is 13.0 Å². The number of aromatic nitrogens is 5. The third-order valence-corrected chi connectivity index (χ3v) is 3.75. The molecule has 0 aromatic carbocycles. The average Bonchev–Trinajstić information content (AvgIpc) is 2.86. The Morgan fingerprint density at radius 3 is 2.86 bits per heavy atom. The fourth-order valence-corrected chi connectivity index (χ4v) is 2.63. The molecule has 114 valence electrons. The third kappa shape index (κ3) is 5.81. The number of hydrogen-bond acceptors (Lipinski definition) is 6. The van der Waals surface area contributed by atoms with Crippen molar-refractivity contribution in [1.82, 2.24) is 30.5 Å². The zero-order valence-corrected chi connectivity index (χ0v) is 13.6. The summed E-state index contributed by atoms with van der Waals surface area (Å²) in [4.78, 5) is 4.31. The van der Waals surface area contributed by atoms with E-state index in [0.29, 0.717) is 0 Å². The second kappa shape index (κ2) is 7.51. The van der Waals surface area contributed by atoms with Crippen molar-refractivity contribution in [3.05, 3.63) is 30.1 Å². The molecule has 0 unspecified atom stereocenters. The molecule has 0 bridgehead atoms. The van der Waals surface area contributed by atoms with E-state index in [4.69, 9.17) is 0 Å². The number of aryl methyl sites for hydroxylation is 1. The van der Waals surface area contributed by atoms with Crippen molar-refractivity contribution in [2.75, 3.05) is 12.3 Å². The van der Waals surface area contributed by atoms with E-state index >= 15 is 0 Å². The predicted molar refractivity (Wildman–Crippen MR) is 84.2 cm³/mol. The summed E-state index contributed by atoms with van der Waals surface area (Å²) >= 11 is 1.67. The number of hydrogen-bond donors (Lipinski definition) is 1. The van der Waals surface area contributed by atoms with Gasteiger partial charge in [-0.05, 0) is 49.8 Å². The lowest BCUT2D eigenvalue weighted by atomic mass is 10.1. The first-order chi connectivity index (χ1) is 10.0. The molecule has 1 N–H and O–H groups in total. The topological polar surface area (TPSA) is 68.5 Å². The maximum Gasteiger partial charge on any atom is 0.209 e. The highest BCUT2D eigenvalue weighted by molar-refractivity contribution is 7.99. The van der Waals surface area contributed by atoms with Crippen LogP contribution in [0.3, 0.4) is 0 Å². The molecule has 0 aliphatic carbocycles. The fourth-order valence-electron chi connectivity index (χ4n) is 1.77. The number of tetrazole rings is 1. The zero-order valence-electron chi connectivity index (χ0n) is 12.8. The van der Waals surface area contributed by atoms with Crippen molar-refractivity contribution >= 4 is 11.8 Å². The Balaban J connectivity index is 1.78. The number of nitrogens with one attached hydrogen (secondary N) is 1. The number of rotatable bonds is 7. The standard InChI is InChI=1S/C14H22N6S/c1-14(2,3)16-9-10-20-13(17-18-19-20)21-11-7-12-6-4-5-8-15-12/h4-6,8,16H,7,9-11H2,1-3H3. The average molecular weight is 306 g/mol. The summed E-state index contributed by atoms with van der Waals surface area (Å²) in [6, 6.07) is 5.98. The molecule has 0 spiro atoms. The first-order valence-electron chi connectivity index (χ1n) is 7.08. The van der Waals surface area contributed by atoms with Gasteiger partial charge in [-0.1, -0.05) is 17.8 Å². The van der Waals surface area contributed by atoms with Crippen LogP contribution in [0.1, 0.15) is 26.5 Å². The minimum atomic E-state index is 0.111. The van der Waals surface area contributed by atoms with E-state index in [2.05, 4.69) is 46.6 Å². The summed E-state index contributed by atoms with van der Waals surface area (Å²) in [7, 11) is 0. The Hall–Kier alpha value is -1.47. The van der Waals surface area contributed by atoms with E-state index in [1.54, 1.807) is 11.8 Å². The first-order valence-corrected chi connectivity index (χ1v) is 8.07. The van der Waals surface area contributed by atoms with Crippen molar-refractivity contribution in [2.24, 2.45) is 0 Å². The summed E-state index contributed by atoms with van der Waals surface area (Å²) < 4.78 is 1.85. The van der Waals surface area contributed by atoms with Gasteiger partial charge in [0.25, 0.3) is 0 Å². The molecule has 2 heterocycles. The summed E-state index contributed by atoms with van der Waals surface area (Å²) in [5, 5.41) is 16.2. The molecule has 0 aliphatic rings. The van der Waals surface area contributed by atoms with Crippen LogP contribution in [0.25, 0.3) is 0 Å². The maximum atomic E-state index is 4.31. The van der Waals surface area contributed by atoms with Gasteiger partial charge in [-0.2, -0.15) is 0 Å². The lowest BCUT2D eigenvalue weighted by molar-refractivity contribution is 0.396. The van der Waals surface area contributed by atoms with Gasteiger partial charge < -0.3 is 5.32 Å². The van der Waals surface area contributed by atoms with Crippen LogP contribution in [0.2, 0.25) is 0 Å². The van der Waals surface area contributed by atoms with Crippen molar-refractivity contribution < 1.29 is 0 Å². The van der Waals surface area contributed by atoms with E-state index in [1.165, 1.54) is 0 Å². The molecular formula is C14H22N6S. The van der Waals surface area contributed by atoms with E-state index in [0.717, 1.165) is 36.1 Å². The molecule has 2 aromatic heterocycles. The zero-order chi connectivity index (χ0) is 15.1. The largest absolute Gasteiger partial charge is 0.310 e. The molecule has 0 radical (unpaired) electrons. The van der Waals surface area contributed by atoms with Crippen LogP contribution in [0.5, 0.6) is 0 Å². The quantitative estimate of drug-likeness (QED) is 0.787. The lowest BCUT2D eigenvalue weighted by Crippen LogP contribution is -2.38. The van der Waals surface area contributed by atoms with Gasteiger partial charge in [0, 0.05) is 29.7 Å². The van der Waals surface area contributed by atoms with Gasteiger partial charge in [-0.25, -0.2) is 4.68 Å². The second-order valence-electron chi connectivity index (χ2n) is 5.78.